The molecular formula is C22H20N4O2S. The fourth-order valence-corrected chi connectivity index (χ4v) is 3.62. The Balaban J connectivity index is 1.54. The smallest absolute Gasteiger partial charge is 0.281 e. The number of nitrogens with zero attached hydrogens (tertiary/aromatic N) is 3. The highest BCUT2D eigenvalue weighted by Crippen LogP contribution is 2.27. The number of carbonyl (C=O) groups excluding carboxylic acids is 1. The zero-order chi connectivity index (χ0) is 20.2. The van der Waals surface area contributed by atoms with Gasteiger partial charge in [-0.3, -0.25) is 10.1 Å². The second-order valence-corrected chi connectivity index (χ2v) is 7.23. The maximum atomic E-state index is 12.8. The summed E-state index contributed by atoms with van der Waals surface area (Å²) in [6.45, 7) is 2.12. The minimum atomic E-state index is -0.362. The van der Waals surface area contributed by atoms with Crippen LogP contribution in [0.25, 0.3) is 16.9 Å². The van der Waals surface area contributed by atoms with Crippen molar-refractivity contribution in [3.05, 3.63) is 77.4 Å². The van der Waals surface area contributed by atoms with Gasteiger partial charge in [0, 0.05) is 10.9 Å². The molecule has 1 amide bonds. The van der Waals surface area contributed by atoms with Crippen molar-refractivity contribution in [1.82, 2.24) is 14.8 Å². The van der Waals surface area contributed by atoms with E-state index < -0.39 is 0 Å². The monoisotopic (exact) mass is 404 g/mol. The standard InChI is InChI=1S/C22H20N4O2S/c1-3-15-9-11-16(12-10-15)18-14-29-22(23-18)24-21(27)20-19(28-2)13-26(25-20)17-7-5-4-6-8-17/h4-14H,3H2,1-2H3,(H,23,24,27). The number of para-hydroxylation sites is 1. The van der Waals surface area contributed by atoms with Crippen molar-refractivity contribution in [3.63, 3.8) is 0 Å². The first-order chi connectivity index (χ1) is 14.2. The van der Waals surface area contributed by atoms with E-state index in [1.807, 2.05) is 47.8 Å². The summed E-state index contributed by atoms with van der Waals surface area (Å²) >= 11 is 1.38. The number of aryl methyl sites for hydroxylation is 1. The largest absolute Gasteiger partial charge is 0.493 e. The summed E-state index contributed by atoms with van der Waals surface area (Å²) < 4.78 is 6.96. The van der Waals surface area contributed by atoms with Crippen molar-refractivity contribution in [3.8, 4) is 22.7 Å². The van der Waals surface area contributed by atoms with E-state index in [0.29, 0.717) is 10.9 Å². The van der Waals surface area contributed by atoms with Gasteiger partial charge in [0.05, 0.1) is 24.7 Å². The van der Waals surface area contributed by atoms with Gasteiger partial charge in [-0.15, -0.1) is 11.3 Å². The van der Waals surface area contributed by atoms with Crippen LogP contribution in [-0.4, -0.2) is 27.8 Å². The molecule has 2 aromatic heterocycles. The fraction of sp³-hybridized carbons (Fsp3) is 0.136. The Morgan fingerprint density at radius 1 is 1.14 bits per heavy atom. The summed E-state index contributed by atoms with van der Waals surface area (Å²) in [6.07, 6.45) is 2.68. The highest BCUT2D eigenvalue weighted by Gasteiger charge is 2.19. The lowest BCUT2D eigenvalue weighted by Crippen LogP contribution is -2.14. The topological polar surface area (TPSA) is 69.0 Å². The average molecular weight is 404 g/mol. The van der Waals surface area contributed by atoms with Crippen molar-refractivity contribution in [2.75, 3.05) is 12.4 Å². The summed E-state index contributed by atoms with van der Waals surface area (Å²) in [5.74, 6) is 0.0389. The Morgan fingerprint density at radius 3 is 2.59 bits per heavy atom. The van der Waals surface area contributed by atoms with Gasteiger partial charge in [0.2, 0.25) is 0 Å². The molecule has 6 nitrogen and oxygen atoms in total. The molecule has 0 aliphatic heterocycles. The maximum absolute atomic E-state index is 12.8. The van der Waals surface area contributed by atoms with Crippen LogP contribution in [0.15, 0.2) is 66.2 Å². The van der Waals surface area contributed by atoms with E-state index in [1.54, 1.807) is 10.9 Å². The number of rotatable bonds is 6. The van der Waals surface area contributed by atoms with E-state index >= 15 is 0 Å². The fourth-order valence-electron chi connectivity index (χ4n) is 2.91. The highest BCUT2D eigenvalue weighted by atomic mass is 32.1. The van der Waals surface area contributed by atoms with Gasteiger partial charge in [0.15, 0.2) is 16.6 Å². The van der Waals surface area contributed by atoms with Crippen LogP contribution in [0.4, 0.5) is 5.13 Å². The molecule has 2 heterocycles. The van der Waals surface area contributed by atoms with Crippen molar-refractivity contribution in [2.24, 2.45) is 0 Å². The third-order valence-electron chi connectivity index (χ3n) is 4.52. The minimum absolute atomic E-state index is 0.209. The Morgan fingerprint density at radius 2 is 1.90 bits per heavy atom. The molecule has 4 aromatic rings. The number of ether oxygens (including phenoxy) is 1. The van der Waals surface area contributed by atoms with E-state index in [9.17, 15) is 4.79 Å². The Hall–Kier alpha value is -3.45. The van der Waals surface area contributed by atoms with Crippen molar-refractivity contribution in [1.29, 1.82) is 0 Å². The number of carbonyl (C=O) groups is 1. The molecule has 29 heavy (non-hydrogen) atoms. The van der Waals surface area contributed by atoms with Gasteiger partial charge in [-0.2, -0.15) is 5.10 Å². The van der Waals surface area contributed by atoms with E-state index in [0.717, 1.165) is 23.4 Å². The lowest BCUT2D eigenvalue weighted by molar-refractivity contribution is 0.101. The molecule has 0 atom stereocenters. The second kappa shape index (κ2) is 8.28. The van der Waals surface area contributed by atoms with Gasteiger partial charge in [-0.25, -0.2) is 9.67 Å². The third kappa shape index (κ3) is 4.05. The Labute approximate surface area is 172 Å². The van der Waals surface area contributed by atoms with Crippen molar-refractivity contribution >= 4 is 22.4 Å². The number of aromatic nitrogens is 3. The highest BCUT2D eigenvalue weighted by molar-refractivity contribution is 7.14. The third-order valence-corrected chi connectivity index (χ3v) is 5.28. The number of hydrogen-bond donors (Lipinski definition) is 1. The molecule has 0 saturated carbocycles. The zero-order valence-electron chi connectivity index (χ0n) is 16.1. The predicted molar refractivity (Wildman–Crippen MR) is 115 cm³/mol. The first-order valence-corrected chi connectivity index (χ1v) is 10.1. The molecular weight excluding hydrogens is 384 g/mol. The van der Waals surface area contributed by atoms with Crippen molar-refractivity contribution in [2.45, 2.75) is 13.3 Å². The molecule has 4 rings (SSSR count). The average Bonchev–Trinajstić information content (AvgIpc) is 3.41. The molecule has 146 valence electrons. The second-order valence-electron chi connectivity index (χ2n) is 6.37. The number of amides is 1. The summed E-state index contributed by atoms with van der Waals surface area (Å²) in [7, 11) is 1.52. The first-order valence-electron chi connectivity index (χ1n) is 9.23. The van der Waals surface area contributed by atoms with Crippen LogP contribution in [0, 0.1) is 0 Å². The van der Waals surface area contributed by atoms with Crippen LogP contribution in [0.1, 0.15) is 23.0 Å². The van der Waals surface area contributed by atoms with Crippen LogP contribution in [0.5, 0.6) is 5.75 Å². The minimum Gasteiger partial charge on any atom is -0.493 e. The van der Waals surface area contributed by atoms with Crippen LogP contribution in [0.3, 0.4) is 0 Å². The van der Waals surface area contributed by atoms with Gasteiger partial charge in [-0.05, 0) is 24.1 Å². The van der Waals surface area contributed by atoms with E-state index in [2.05, 4.69) is 34.5 Å². The number of anilines is 1. The molecule has 0 radical (unpaired) electrons. The number of hydrogen-bond acceptors (Lipinski definition) is 5. The zero-order valence-corrected chi connectivity index (χ0v) is 16.9. The summed E-state index contributed by atoms with van der Waals surface area (Å²) in [4.78, 5) is 17.3. The van der Waals surface area contributed by atoms with Gasteiger partial charge in [0.25, 0.3) is 5.91 Å². The van der Waals surface area contributed by atoms with E-state index in [1.165, 1.54) is 24.0 Å². The SMILES string of the molecule is CCc1ccc(-c2csc(NC(=O)c3nn(-c4ccccc4)cc3OC)n2)cc1. The lowest BCUT2D eigenvalue weighted by Gasteiger charge is -2.01. The van der Waals surface area contributed by atoms with Gasteiger partial charge in [0.1, 0.15) is 0 Å². The number of benzene rings is 2. The predicted octanol–water partition coefficient (Wildman–Crippen LogP) is 4.82. The first kappa shape index (κ1) is 18.9. The lowest BCUT2D eigenvalue weighted by atomic mass is 10.1. The summed E-state index contributed by atoms with van der Waals surface area (Å²) in [6, 6.07) is 17.8. The quantitative estimate of drug-likeness (QED) is 0.500. The summed E-state index contributed by atoms with van der Waals surface area (Å²) in [5.41, 5.74) is 4.18. The van der Waals surface area contributed by atoms with Crippen molar-refractivity contribution < 1.29 is 9.53 Å². The van der Waals surface area contributed by atoms with E-state index in [4.69, 9.17) is 4.74 Å². The summed E-state index contributed by atoms with van der Waals surface area (Å²) in [5, 5.41) is 9.65. The number of methoxy groups -OCH3 is 1. The number of nitrogens with one attached hydrogen (secondary N) is 1. The molecule has 0 aliphatic carbocycles. The Bertz CT molecular complexity index is 1120. The van der Waals surface area contributed by atoms with E-state index in [-0.39, 0.29) is 11.6 Å². The molecule has 7 heteroatoms. The van der Waals surface area contributed by atoms with Crippen LogP contribution >= 0.6 is 11.3 Å². The number of thiazole rings is 1. The normalized spacial score (nSPS) is 10.7. The van der Waals surface area contributed by atoms with Crippen LogP contribution < -0.4 is 10.1 Å². The molecule has 0 bridgehead atoms. The molecule has 0 saturated heterocycles. The molecule has 1 N–H and O–H groups in total. The van der Waals surface area contributed by atoms with Crippen LogP contribution in [0.2, 0.25) is 0 Å². The molecule has 0 spiro atoms. The molecule has 0 aliphatic rings. The Kier molecular flexibility index (Phi) is 5.39. The molecule has 0 fully saturated rings. The maximum Gasteiger partial charge on any atom is 0.281 e. The molecule has 0 unspecified atom stereocenters. The van der Waals surface area contributed by atoms with Gasteiger partial charge in [-0.1, -0.05) is 49.4 Å². The molecule has 2 aromatic carbocycles. The van der Waals surface area contributed by atoms with Gasteiger partial charge < -0.3 is 4.74 Å². The van der Waals surface area contributed by atoms with Gasteiger partial charge >= 0.3 is 0 Å². The van der Waals surface area contributed by atoms with Crippen LogP contribution in [-0.2, 0) is 6.42 Å².